The first kappa shape index (κ1) is 14.5. The molecule has 0 unspecified atom stereocenters. The molecule has 5 heteroatoms. The molecule has 20 heavy (non-hydrogen) atoms. The SMILES string of the molecule is CC(C)CCn1ccc(Nc2ccnc(C(C)C)n2)n1. The van der Waals surface area contributed by atoms with Crippen molar-refractivity contribution in [2.24, 2.45) is 5.92 Å². The minimum Gasteiger partial charge on any atom is -0.323 e. The quantitative estimate of drug-likeness (QED) is 0.874. The average Bonchev–Trinajstić information content (AvgIpc) is 2.84. The van der Waals surface area contributed by atoms with Crippen molar-refractivity contribution in [1.82, 2.24) is 19.7 Å². The number of aryl methyl sites for hydroxylation is 1. The fraction of sp³-hybridized carbons (Fsp3) is 0.533. The Bertz CT molecular complexity index is 545. The standard InChI is InChI=1S/C15H23N5/c1-11(2)6-9-20-10-7-14(19-20)17-13-5-8-16-15(18-13)12(3)4/h5,7-8,10-12H,6,9H2,1-4H3,(H,16,17,18,19). The molecule has 2 aromatic heterocycles. The van der Waals surface area contributed by atoms with Crippen LogP contribution in [0, 0.1) is 5.92 Å². The molecule has 0 bridgehead atoms. The van der Waals surface area contributed by atoms with Gasteiger partial charge in [-0.3, -0.25) is 4.68 Å². The zero-order valence-corrected chi connectivity index (χ0v) is 12.7. The highest BCUT2D eigenvalue weighted by Gasteiger charge is 2.05. The molecule has 0 radical (unpaired) electrons. The van der Waals surface area contributed by atoms with E-state index in [2.05, 4.69) is 48.1 Å². The minimum atomic E-state index is 0.320. The average molecular weight is 273 g/mol. The summed E-state index contributed by atoms with van der Waals surface area (Å²) < 4.78 is 1.97. The second-order valence-electron chi connectivity index (χ2n) is 5.73. The molecule has 2 aromatic rings. The Hall–Kier alpha value is -1.91. The predicted molar refractivity (Wildman–Crippen MR) is 81.1 cm³/mol. The second-order valence-corrected chi connectivity index (χ2v) is 5.73. The molecule has 0 amide bonds. The molecular formula is C15H23N5. The normalized spacial score (nSPS) is 11.3. The van der Waals surface area contributed by atoms with Gasteiger partial charge in [0.25, 0.3) is 0 Å². The summed E-state index contributed by atoms with van der Waals surface area (Å²) >= 11 is 0. The van der Waals surface area contributed by atoms with Gasteiger partial charge in [0.15, 0.2) is 5.82 Å². The Balaban J connectivity index is 2.01. The van der Waals surface area contributed by atoms with Crippen LogP contribution in [0.3, 0.4) is 0 Å². The number of aromatic nitrogens is 4. The first-order valence-electron chi connectivity index (χ1n) is 7.18. The van der Waals surface area contributed by atoms with E-state index >= 15 is 0 Å². The molecule has 0 aliphatic carbocycles. The van der Waals surface area contributed by atoms with Gasteiger partial charge in [-0.1, -0.05) is 27.7 Å². The van der Waals surface area contributed by atoms with E-state index in [-0.39, 0.29) is 0 Å². The Labute approximate surface area is 120 Å². The number of nitrogens with zero attached hydrogens (tertiary/aromatic N) is 4. The minimum absolute atomic E-state index is 0.320. The van der Waals surface area contributed by atoms with Crippen LogP contribution >= 0.6 is 0 Å². The monoisotopic (exact) mass is 273 g/mol. The second kappa shape index (κ2) is 6.50. The van der Waals surface area contributed by atoms with E-state index in [1.807, 2.05) is 23.0 Å². The third kappa shape index (κ3) is 4.05. The van der Waals surface area contributed by atoms with E-state index in [1.54, 1.807) is 6.20 Å². The summed E-state index contributed by atoms with van der Waals surface area (Å²) in [5, 5.41) is 7.72. The van der Waals surface area contributed by atoms with Crippen LogP contribution in [0.1, 0.15) is 45.9 Å². The maximum absolute atomic E-state index is 4.50. The summed E-state index contributed by atoms with van der Waals surface area (Å²) in [7, 11) is 0. The van der Waals surface area contributed by atoms with Gasteiger partial charge in [-0.2, -0.15) is 5.10 Å². The number of nitrogens with one attached hydrogen (secondary N) is 1. The first-order valence-corrected chi connectivity index (χ1v) is 7.18. The van der Waals surface area contributed by atoms with E-state index in [9.17, 15) is 0 Å². The third-order valence-electron chi connectivity index (χ3n) is 3.02. The summed E-state index contributed by atoms with van der Waals surface area (Å²) in [6.45, 7) is 9.55. The summed E-state index contributed by atoms with van der Waals surface area (Å²) in [6.07, 6.45) is 4.90. The Kier molecular flexibility index (Phi) is 4.71. The van der Waals surface area contributed by atoms with Crippen LogP contribution < -0.4 is 5.32 Å². The zero-order valence-electron chi connectivity index (χ0n) is 12.7. The smallest absolute Gasteiger partial charge is 0.153 e. The number of hydrogen-bond donors (Lipinski definition) is 1. The molecule has 0 atom stereocenters. The fourth-order valence-electron chi connectivity index (χ4n) is 1.80. The summed E-state index contributed by atoms with van der Waals surface area (Å²) in [6, 6.07) is 3.83. The molecule has 0 saturated heterocycles. The van der Waals surface area contributed by atoms with Gasteiger partial charge in [0.2, 0.25) is 0 Å². The number of rotatable bonds is 6. The van der Waals surface area contributed by atoms with Crippen molar-refractivity contribution in [2.75, 3.05) is 5.32 Å². The predicted octanol–water partition coefficient (Wildman–Crippen LogP) is 3.59. The van der Waals surface area contributed by atoms with Crippen LogP contribution in [0.15, 0.2) is 24.5 Å². The van der Waals surface area contributed by atoms with Gasteiger partial charge in [-0.15, -0.1) is 0 Å². The maximum Gasteiger partial charge on any atom is 0.153 e. The highest BCUT2D eigenvalue weighted by molar-refractivity contribution is 5.50. The molecule has 5 nitrogen and oxygen atoms in total. The molecule has 108 valence electrons. The van der Waals surface area contributed by atoms with Crippen LogP contribution in [0.2, 0.25) is 0 Å². The molecule has 0 spiro atoms. The van der Waals surface area contributed by atoms with Gasteiger partial charge in [0.05, 0.1) is 0 Å². The lowest BCUT2D eigenvalue weighted by Crippen LogP contribution is -2.04. The van der Waals surface area contributed by atoms with Crippen molar-refractivity contribution in [3.05, 3.63) is 30.4 Å². The highest BCUT2D eigenvalue weighted by atomic mass is 15.3. The van der Waals surface area contributed by atoms with Gasteiger partial charge in [0.1, 0.15) is 11.6 Å². The van der Waals surface area contributed by atoms with Crippen molar-refractivity contribution in [3.8, 4) is 0 Å². The molecule has 0 aliphatic rings. The fourth-order valence-corrected chi connectivity index (χ4v) is 1.80. The molecular weight excluding hydrogens is 250 g/mol. The van der Waals surface area contributed by atoms with Crippen molar-refractivity contribution >= 4 is 11.6 Å². The van der Waals surface area contributed by atoms with Crippen molar-refractivity contribution < 1.29 is 0 Å². The topological polar surface area (TPSA) is 55.6 Å². The molecule has 0 fully saturated rings. The van der Waals surface area contributed by atoms with Crippen LogP contribution in [-0.2, 0) is 6.54 Å². The Morgan fingerprint density at radius 3 is 2.65 bits per heavy atom. The van der Waals surface area contributed by atoms with E-state index in [0.29, 0.717) is 11.8 Å². The highest BCUT2D eigenvalue weighted by Crippen LogP contribution is 2.15. The van der Waals surface area contributed by atoms with Gasteiger partial charge >= 0.3 is 0 Å². The van der Waals surface area contributed by atoms with Gasteiger partial charge in [0, 0.05) is 30.9 Å². The Morgan fingerprint density at radius 1 is 1.15 bits per heavy atom. The van der Waals surface area contributed by atoms with Crippen molar-refractivity contribution in [1.29, 1.82) is 0 Å². The molecule has 0 aliphatic heterocycles. The molecule has 0 saturated carbocycles. The lowest BCUT2D eigenvalue weighted by molar-refractivity contribution is 0.488. The van der Waals surface area contributed by atoms with Crippen molar-refractivity contribution in [2.45, 2.75) is 46.6 Å². The van der Waals surface area contributed by atoms with E-state index in [4.69, 9.17) is 0 Å². The lowest BCUT2D eigenvalue weighted by atomic mass is 10.1. The summed E-state index contributed by atoms with van der Waals surface area (Å²) in [4.78, 5) is 8.74. The van der Waals surface area contributed by atoms with Crippen LogP contribution in [0.25, 0.3) is 0 Å². The first-order chi connectivity index (χ1) is 9.54. The van der Waals surface area contributed by atoms with Crippen molar-refractivity contribution in [3.63, 3.8) is 0 Å². The maximum atomic E-state index is 4.50. The van der Waals surface area contributed by atoms with Crippen LogP contribution in [0.4, 0.5) is 11.6 Å². The molecule has 1 N–H and O–H groups in total. The van der Waals surface area contributed by atoms with Gasteiger partial charge < -0.3 is 5.32 Å². The number of anilines is 2. The van der Waals surface area contributed by atoms with E-state index in [1.165, 1.54) is 0 Å². The Morgan fingerprint density at radius 2 is 1.95 bits per heavy atom. The lowest BCUT2D eigenvalue weighted by Gasteiger charge is -2.07. The van der Waals surface area contributed by atoms with Gasteiger partial charge in [-0.25, -0.2) is 9.97 Å². The largest absolute Gasteiger partial charge is 0.323 e. The van der Waals surface area contributed by atoms with Crippen LogP contribution in [0.5, 0.6) is 0 Å². The summed E-state index contributed by atoms with van der Waals surface area (Å²) in [5.74, 6) is 3.46. The van der Waals surface area contributed by atoms with Crippen LogP contribution in [-0.4, -0.2) is 19.7 Å². The summed E-state index contributed by atoms with van der Waals surface area (Å²) in [5.41, 5.74) is 0. The third-order valence-corrected chi connectivity index (χ3v) is 3.02. The molecule has 2 heterocycles. The van der Waals surface area contributed by atoms with E-state index in [0.717, 1.165) is 30.4 Å². The molecule has 2 rings (SSSR count). The zero-order chi connectivity index (χ0) is 14.5. The van der Waals surface area contributed by atoms with E-state index < -0.39 is 0 Å². The van der Waals surface area contributed by atoms with Gasteiger partial charge in [-0.05, 0) is 18.4 Å². The number of hydrogen-bond acceptors (Lipinski definition) is 4. The molecule has 0 aromatic carbocycles.